The number of rotatable bonds is 8. The molecule has 0 saturated carbocycles. The number of nitrogens with zero attached hydrogens (tertiary/aromatic N) is 2. The van der Waals surface area contributed by atoms with Crippen molar-refractivity contribution in [3.63, 3.8) is 0 Å². The van der Waals surface area contributed by atoms with Gasteiger partial charge in [-0.1, -0.05) is 0 Å². The smallest absolute Gasteiger partial charge is 0.387 e. The predicted molar refractivity (Wildman–Crippen MR) is 96.3 cm³/mol. The Kier molecular flexibility index (Phi) is 7.83. The van der Waals surface area contributed by atoms with Crippen molar-refractivity contribution in [1.82, 2.24) is 9.55 Å². The Morgan fingerprint density at radius 1 is 1.13 bits per heavy atom. The van der Waals surface area contributed by atoms with Crippen molar-refractivity contribution >= 4 is 45.2 Å². The highest BCUT2D eigenvalue weighted by atomic mass is 79.9. The first-order valence-electron chi connectivity index (χ1n) is 7.35. The van der Waals surface area contributed by atoms with Gasteiger partial charge in [-0.2, -0.15) is 13.6 Å². The van der Waals surface area contributed by atoms with Crippen molar-refractivity contribution in [2.45, 2.75) is 24.5 Å². The molecule has 8 N–H and O–H groups in total. The van der Waals surface area contributed by atoms with E-state index in [0.29, 0.717) is 0 Å². The number of aliphatic hydroxyl groups is 2. The molecule has 17 nitrogen and oxygen atoms in total. The molecule has 1 aromatic heterocycles. The maximum absolute atomic E-state index is 11.9. The van der Waals surface area contributed by atoms with E-state index in [2.05, 4.69) is 34.1 Å². The number of nitrogens with two attached hydrogens (primary N) is 1. The maximum Gasteiger partial charge on any atom is 0.490 e. The van der Waals surface area contributed by atoms with Crippen LogP contribution in [0.3, 0.4) is 0 Å². The molecule has 2 rings (SSSR count). The number of phosphoric ester groups is 1. The Hall–Kier alpha value is -0.550. The Labute approximate surface area is 174 Å². The normalized spacial score (nSPS) is 28.8. The van der Waals surface area contributed by atoms with Gasteiger partial charge in [0.2, 0.25) is 0 Å². The minimum Gasteiger partial charge on any atom is -0.387 e. The van der Waals surface area contributed by atoms with Crippen LogP contribution in [0.5, 0.6) is 0 Å². The van der Waals surface area contributed by atoms with Gasteiger partial charge < -0.3 is 40.3 Å². The van der Waals surface area contributed by atoms with Gasteiger partial charge in [0.05, 0.1) is 11.1 Å². The van der Waals surface area contributed by atoms with Gasteiger partial charge in [-0.15, -0.1) is 0 Å². The Morgan fingerprint density at radius 2 is 1.73 bits per heavy atom. The van der Waals surface area contributed by atoms with Crippen LogP contribution in [0.2, 0.25) is 0 Å². The third-order valence-corrected chi connectivity index (χ3v) is 7.78. The molecular weight excluding hydrogens is 547 g/mol. The number of aromatic nitrogens is 2. The molecule has 0 amide bonds. The third kappa shape index (κ3) is 6.72. The van der Waals surface area contributed by atoms with Crippen molar-refractivity contribution in [3.8, 4) is 0 Å². The van der Waals surface area contributed by atoms with Crippen LogP contribution in [-0.4, -0.2) is 64.3 Å². The van der Waals surface area contributed by atoms with Gasteiger partial charge in [0.1, 0.15) is 24.1 Å². The van der Waals surface area contributed by atoms with Crippen molar-refractivity contribution in [1.29, 1.82) is 0 Å². The van der Waals surface area contributed by atoms with Crippen LogP contribution in [0.15, 0.2) is 15.5 Å². The zero-order valence-electron chi connectivity index (χ0n) is 14.2. The fraction of sp³-hybridized carbons (Fsp3) is 0.556. The summed E-state index contributed by atoms with van der Waals surface area (Å²) in [5, 5.41) is 20.1. The number of halogens is 1. The molecule has 0 aliphatic carbocycles. The van der Waals surface area contributed by atoms with Crippen molar-refractivity contribution in [3.05, 3.63) is 21.2 Å². The molecule has 2 unspecified atom stereocenters. The van der Waals surface area contributed by atoms with Gasteiger partial charge in [-0.3, -0.25) is 9.09 Å². The molecule has 2 heterocycles. The average molecular weight is 562 g/mol. The van der Waals surface area contributed by atoms with E-state index in [-0.39, 0.29) is 10.3 Å². The van der Waals surface area contributed by atoms with Crippen LogP contribution in [-0.2, 0) is 31.6 Å². The summed E-state index contributed by atoms with van der Waals surface area (Å²) in [6, 6.07) is 0. The summed E-state index contributed by atoms with van der Waals surface area (Å²) in [4.78, 5) is 50.8. The van der Waals surface area contributed by atoms with Gasteiger partial charge in [0.15, 0.2) is 6.23 Å². The molecule has 0 bridgehead atoms. The van der Waals surface area contributed by atoms with E-state index in [1.807, 2.05) is 0 Å². The summed E-state index contributed by atoms with van der Waals surface area (Å²) in [5.74, 6) is -0.159. The average Bonchev–Trinajstić information content (AvgIpc) is 2.81. The number of hydrogen-bond acceptors (Lipinski definition) is 12. The summed E-state index contributed by atoms with van der Waals surface area (Å²) in [6.07, 6.45) is -5.49. The van der Waals surface area contributed by atoms with Crippen LogP contribution in [0.25, 0.3) is 0 Å². The van der Waals surface area contributed by atoms with E-state index >= 15 is 0 Å². The first-order valence-corrected chi connectivity index (χ1v) is 12.7. The fourth-order valence-corrected chi connectivity index (χ4v) is 5.55. The summed E-state index contributed by atoms with van der Waals surface area (Å²) in [7, 11) is -16.8. The summed E-state index contributed by atoms with van der Waals surface area (Å²) < 4.78 is 51.1. The molecule has 6 atom stereocenters. The first kappa shape index (κ1) is 25.7. The lowest BCUT2D eigenvalue weighted by molar-refractivity contribution is -0.0542. The molecule has 21 heteroatoms. The maximum atomic E-state index is 11.9. The van der Waals surface area contributed by atoms with Crippen LogP contribution in [0.1, 0.15) is 6.23 Å². The number of nitrogen functional groups attached to an aromatic ring is 1. The molecule has 1 aliphatic heterocycles. The Bertz CT molecular complexity index is 997. The second-order valence-corrected chi connectivity index (χ2v) is 10.9. The lowest BCUT2D eigenvalue weighted by Gasteiger charge is -2.19. The molecule has 0 aromatic carbocycles. The van der Waals surface area contributed by atoms with E-state index in [1.54, 1.807) is 0 Å². The SMILES string of the molecule is Nc1nc(=O)n([C@@H]2O[C@H](COP(=O)(O)OP(=O)(O)OP(=O)(O)O)[C@@H](O)[C@H]2O)cc1Br. The number of hydrogen-bond donors (Lipinski definition) is 7. The van der Waals surface area contributed by atoms with E-state index in [4.69, 9.17) is 25.2 Å². The summed E-state index contributed by atoms with van der Waals surface area (Å²) in [6.45, 7) is -1.03. The topological polar surface area (TPSA) is 270 Å². The second-order valence-electron chi connectivity index (χ2n) is 5.60. The molecule has 0 radical (unpaired) electrons. The lowest BCUT2D eigenvalue weighted by atomic mass is 10.1. The Balaban J connectivity index is 2.09. The molecule has 1 fully saturated rings. The van der Waals surface area contributed by atoms with Crippen LogP contribution < -0.4 is 11.4 Å². The van der Waals surface area contributed by atoms with E-state index in [0.717, 1.165) is 10.8 Å². The van der Waals surface area contributed by atoms with Crippen molar-refractivity contribution in [2.24, 2.45) is 0 Å². The first-order chi connectivity index (χ1) is 13.5. The largest absolute Gasteiger partial charge is 0.490 e. The van der Waals surface area contributed by atoms with Gasteiger partial charge in [0, 0.05) is 6.20 Å². The molecule has 30 heavy (non-hydrogen) atoms. The number of ether oxygens (including phenoxy) is 1. The predicted octanol–water partition coefficient (Wildman–Crippen LogP) is -1.45. The monoisotopic (exact) mass is 561 g/mol. The van der Waals surface area contributed by atoms with Crippen LogP contribution in [0.4, 0.5) is 5.82 Å². The number of aliphatic hydroxyl groups excluding tert-OH is 2. The molecule has 1 aliphatic rings. The minimum atomic E-state index is -5.73. The third-order valence-electron chi connectivity index (χ3n) is 3.36. The summed E-state index contributed by atoms with van der Waals surface area (Å²) in [5.41, 5.74) is 4.48. The quantitative estimate of drug-likeness (QED) is 0.179. The van der Waals surface area contributed by atoms with Crippen LogP contribution in [0, 0.1) is 0 Å². The van der Waals surface area contributed by atoms with Gasteiger partial charge >= 0.3 is 29.2 Å². The van der Waals surface area contributed by atoms with Crippen molar-refractivity contribution < 1.29 is 61.4 Å². The highest BCUT2D eigenvalue weighted by molar-refractivity contribution is 9.10. The van der Waals surface area contributed by atoms with Gasteiger partial charge in [-0.05, 0) is 15.9 Å². The van der Waals surface area contributed by atoms with Crippen molar-refractivity contribution in [2.75, 3.05) is 12.3 Å². The second kappa shape index (κ2) is 9.13. The zero-order chi connectivity index (χ0) is 23.1. The molecule has 1 saturated heterocycles. The molecule has 1 aromatic rings. The van der Waals surface area contributed by atoms with E-state index in [9.17, 15) is 33.6 Å². The fourth-order valence-electron chi connectivity index (χ4n) is 2.21. The number of phosphoric acid groups is 3. The summed E-state index contributed by atoms with van der Waals surface area (Å²) >= 11 is 3.01. The van der Waals surface area contributed by atoms with E-state index < -0.39 is 60.3 Å². The standard InChI is InChI=1S/C9H15BrN3O14P3/c10-3-1-13(9(16)12-7(3)11)8-6(15)5(14)4(25-8)2-24-29(20,21)27-30(22,23)26-28(17,18)19/h1,4-6,8,14-15H,2H2,(H,20,21)(H,22,23)(H2,11,12,16)(H2,17,18,19)/t4-,5-,6-,8-/m1/s1. The van der Waals surface area contributed by atoms with Crippen LogP contribution >= 0.6 is 39.4 Å². The number of anilines is 1. The highest BCUT2D eigenvalue weighted by Gasteiger charge is 2.46. The molecule has 172 valence electrons. The molecule has 0 spiro atoms. The van der Waals surface area contributed by atoms with E-state index in [1.165, 1.54) is 0 Å². The zero-order valence-corrected chi connectivity index (χ0v) is 18.5. The lowest BCUT2D eigenvalue weighted by Crippen LogP contribution is -2.36. The van der Waals surface area contributed by atoms with Gasteiger partial charge in [-0.25, -0.2) is 18.5 Å². The highest BCUT2D eigenvalue weighted by Crippen LogP contribution is 2.66. The van der Waals surface area contributed by atoms with Gasteiger partial charge in [0.25, 0.3) is 0 Å². The minimum absolute atomic E-state index is 0.157. The molecular formula is C9H15BrN3O14P3. The Morgan fingerprint density at radius 3 is 2.30 bits per heavy atom.